The molecule has 3 rings (SSSR count). The van der Waals surface area contributed by atoms with Crippen molar-refractivity contribution in [2.75, 3.05) is 13.2 Å². The highest BCUT2D eigenvalue weighted by Crippen LogP contribution is 2.44. The van der Waals surface area contributed by atoms with E-state index in [9.17, 15) is 19.5 Å². The van der Waals surface area contributed by atoms with E-state index in [0.717, 1.165) is 22.3 Å². The van der Waals surface area contributed by atoms with Crippen molar-refractivity contribution in [1.82, 2.24) is 5.32 Å². The Morgan fingerprint density at radius 1 is 0.970 bits per heavy atom. The lowest BCUT2D eigenvalue weighted by Gasteiger charge is -2.17. The fraction of sp³-hybridized carbons (Fsp3) is 0.346. The van der Waals surface area contributed by atoms with Crippen LogP contribution in [0.25, 0.3) is 11.1 Å². The highest BCUT2D eigenvalue weighted by Gasteiger charge is 2.29. The first-order valence-electron chi connectivity index (χ1n) is 11.1. The lowest BCUT2D eigenvalue weighted by atomic mass is 9.98. The zero-order valence-electron chi connectivity index (χ0n) is 18.5. The molecule has 0 aromatic heterocycles. The van der Waals surface area contributed by atoms with E-state index < -0.39 is 18.1 Å². The SMILES string of the molecule is C=CCOC(=O)CCCCC[C@H](NC(=O)OCC1c2ccccc2-c2ccccc21)C(=O)O. The maximum absolute atomic E-state index is 12.4. The number of esters is 1. The van der Waals surface area contributed by atoms with Crippen LogP contribution in [0, 0.1) is 0 Å². The van der Waals surface area contributed by atoms with Crippen LogP contribution in [0.15, 0.2) is 61.2 Å². The summed E-state index contributed by atoms with van der Waals surface area (Å²) in [5, 5.41) is 11.9. The molecule has 1 aliphatic rings. The van der Waals surface area contributed by atoms with Gasteiger partial charge in [-0.1, -0.05) is 74.0 Å². The van der Waals surface area contributed by atoms with E-state index in [1.807, 2.05) is 48.5 Å². The zero-order valence-corrected chi connectivity index (χ0v) is 18.5. The van der Waals surface area contributed by atoms with Gasteiger partial charge in [0, 0.05) is 12.3 Å². The van der Waals surface area contributed by atoms with Crippen LogP contribution in [0.5, 0.6) is 0 Å². The molecule has 0 saturated carbocycles. The molecule has 2 aromatic carbocycles. The van der Waals surface area contributed by atoms with E-state index in [4.69, 9.17) is 9.47 Å². The van der Waals surface area contributed by atoms with Gasteiger partial charge < -0.3 is 19.9 Å². The Morgan fingerprint density at radius 3 is 2.21 bits per heavy atom. The van der Waals surface area contributed by atoms with E-state index in [2.05, 4.69) is 11.9 Å². The van der Waals surface area contributed by atoms with Crippen LogP contribution in [0.3, 0.4) is 0 Å². The van der Waals surface area contributed by atoms with Gasteiger partial charge in [-0.2, -0.15) is 0 Å². The maximum atomic E-state index is 12.4. The summed E-state index contributed by atoms with van der Waals surface area (Å²) in [6, 6.07) is 15.0. The molecule has 0 heterocycles. The van der Waals surface area contributed by atoms with E-state index >= 15 is 0 Å². The van der Waals surface area contributed by atoms with Crippen molar-refractivity contribution < 1.29 is 29.0 Å². The van der Waals surface area contributed by atoms with E-state index in [1.165, 1.54) is 6.08 Å². The van der Waals surface area contributed by atoms with E-state index in [-0.39, 0.29) is 37.9 Å². The Labute approximate surface area is 193 Å². The van der Waals surface area contributed by atoms with Crippen LogP contribution in [-0.4, -0.2) is 42.4 Å². The minimum absolute atomic E-state index is 0.0905. The number of ether oxygens (including phenoxy) is 2. The molecule has 2 aromatic rings. The Morgan fingerprint density at radius 2 is 1.61 bits per heavy atom. The third kappa shape index (κ3) is 6.44. The number of amides is 1. The van der Waals surface area contributed by atoms with Crippen molar-refractivity contribution in [2.45, 2.75) is 44.1 Å². The number of fused-ring (bicyclic) bond motifs is 3. The van der Waals surface area contributed by atoms with Gasteiger partial charge in [0.1, 0.15) is 19.3 Å². The molecular formula is C26H29NO6. The molecule has 1 amide bonds. The van der Waals surface area contributed by atoms with E-state index in [0.29, 0.717) is 19.3 Å². The summed E-state index contributed by atoms with van der Waals surface area (Å²) in [4.78, 5) is 35.4. The Hall–Kier alpha value is -3.61. The van der Waals surface area contributed by atoms with Crippen molar-refractivity contribution in [2.24, 2.45) is 0 Å². The molecule has 1 atom stereocenters. The summed E-state index contributed by atoms with van der Waals surface area (Å²) >= 11 is 0. The van der Waals surface area contributed by atoms with Gasteiger partial charge in [0.15, 0.2) is 0 Å². The smallest absolute Gasteiger partial charge is 0.407 e. The minimum Gasteiger partial charge on any atom is -0.480 e. The largest absolute Gasteiger partial charge is 0.480 e. The number of carbonyl (C=O) groups excluding carboxylic acids is 2. The summed E-state index contributed by atoms with van der Waals surface area (Å²) in [7, 11) is 0. The van der Waals surface area contributed by atoms with Crippen molar-refractivity contribution in [1.29, 1.82) is 0 Å². The quantitative estimate of drug-likeness (QED) is 0.277. The van der Waals surface area contributed by atoms with Crippen LogP contribution in [-0.2, 0) is 19.1 Å². The molecule has 0 bridgehead atoms. The first-order chi connectivity index (χ1) is 16.0. The van der Waals surface area contributed by atoms with Crippen LogP contribution in [0.1, 0.15) is 49.1 Å². The van der Waals surface area contributed by atoms with Gasteiger partial charge in [0.2, 0.25) is 0 Å². The number of nitrogens with one attached hydrogen (secondary N) is 1. The second kappa shape index (κ2) is 11.9. The van der Waals surface area contributed by atoms with Crippen LogP contribution in [0.4, 0.5) is 4.79 Å². The summed E-state index contributed by atoms with van der Waals surface area (Å²) in [6.45, 7) is 3.79. The van der Waals surface area contributed by atoms with E-state index in [1.54, 1.807) is 0 Å². The second-order valence-corrected chi connectivity index (χ2v) is 7.93. The molecule has 0 radical (unpaired) electrons. The average molecular weight is 452 g/mol. The number of hydrogen-bond donors (Lipinski definition) is 2. The van der Waals surface area contributed by atoms with Crippen molar-refractivity contribution in [3.05, 3.63) is 72.3 Å². The van der Waals surface area contributed by atoms with Gasteiger partial charge in [0.25, 0.3) is 0 Å². The molecule has 2 N–H and O–H groups in total. The third-order valence-corrected chi connectivity index (χ3v) is 5.67. The average Bonchev–Trinajstić information content (AvgIpc) is 3.14. The van der Waals surface area contributed by atoms with Crippen molar-refractivity contribution in [3.63, 3.8) is 0 Å². The van der Waals surface area contributed by atoms with Crippen LogP contribution >= 0.6 is 0 Å². The molecule has 0 saturated heterocycles. The third-order valence-electron chi connectivity index (χ3n) is 5.67. The first-order valence-corrected chi connectivity index (χ1v) is 11.1. The molecule has 0 fully saturated rings. The van der Waals surface area contributed by atoms with Gasteiger partial charge in [-0.25, -0.2) is 9.59 Å². The van der Waals surface area contributed by atoms with Crippen LogP contribution < -0.4 is 5.32 Å². The lowest BCUT2D eigenvalue weighted by molar-refractivity contribution is -0.142. The minimum atomic E-state index is -1.12. The molecule has 1 aliphatic carbocycles. The van der Waals surface area contributed by atoms with Gasteiger partial charge in [-0.05, 0) is 35.1 Å². The number of rotatable bonds is 12. The Bertz CT molecular complexity index is 956. The number of carboxylic acids is 1. The number of aliphatic carboxylic acids is 1. The first kappa shape index (κ1) is 24.0. The molecule has 0 spiro atoms. The predicted octanol–water partition coefficient (Wildman–Crippen LogP) is 4.66. The predicted molar refractivity (Wildman–Crippen MR) is 124 cm³/mol. The number of carboxylic acid groups (broad SMARTS) is 1. The number of unbranched alkanes of at least 4 members (excludes halogenated alkanes) is 2. The monoisotopic (exact) mass is 451 g/mol. The molecule has 33 heavy (non-hydrogen) atoms. The fourth-order valence-electron chi connectivity index (χ4n) is 4.06. The maximum Gasteiger partial charge on any atom is 0.407 e. The Balaban J connectivity index is 1.46. The normalized spacial score (nSPS) is 12.8. The number of benzene rings is 2. The van der Waals surface area contributed by atoms with Gasteiger partial charge >= 0.3 is 18.0 Å². The van der Waals surface area contributed by atoms with Crippen molar-refractivity contribution >= 4 is 18.0 Å². The highest BCUT2D eigenvalue weighted by atomic mass is 16.5. The molecule has 0 unspecified atom stereocenters. The molecule has 0 aliphatic heterocycles. The second-order valence-electron chi connectivity index (χ2n) is 7.93. The summed E-state index contributed by atoms with van der Waals surface area (Å²) in [6.07, 6.45) is 3.07. The summed E-state index contributed by atoms with van der Waals surface area (Å²) < 4.78 is 10.3. The van der Waals surface area contributed by atoms with Gasteiger partial charge in [-0.3, -0.25) is 4.79 Å². The van der Waals surface area contributed by atoms with Crippen molar-refractivity contribution in [3.8, 4) is 11.1 Å². The van der Waals surface area contributed by atoms with Crippen LogP contribution in [0.2, 0.25) is 0 Å². The molecule has 7 nitrogen and oxygen atoms in total. The molecule has 174 valence electrons. The standard InChI is InChI=1S/C26H29NO6/c1-2-16-32-24(28)15-5-3-4-14-23(25(29)30)27-26(31)33-17-22-20-12-8-6-10-18(20)19-11-7-9-13-21(19)22/h2,6-13,22-23H,1,3-5,14-17H2,(H,27,31)(H,29,30)/t23-/m0/s1. The number of hydrogen-bond acceptors (Lipinski definition) is 5. The lowest BCUT2D eigenvalue weighted by Crippen LogP contribution is -2.41. The summed E-state index contributed by atoms with van der Waals surface area (Å²) in [5.74, 6) is -1.51. The van der Waals surface area contributed by atoms with Gasteiger partial charge in [0.05, 0.1) is 0 Å². The molecule has 7 heteroatoms. The fourth-order valence-corrected chi connectivity index (χ4v) is 4.06. The number of carbonyl (C=O) groups is 3. The summed E-state index contributed by atoms with van der Waals surface area (Å²) in [5.41, 5.74) is 4.43. The number of alkyl carbamates (subject to hydrolysis) is 1. The zero-order chi connectivity index (χ0) is 23.6. The molecular weight excluding hydrogens is 422 g/mol. The van der Waals surface area contributed by atoms with Gasteiger partial charge in [-0.15, -0.1) is 0 Å². The topological polar surface area (TPSA) is 102 Å². The highest BCUT2D eigenvalue weighted by molar-refractivity contribution is 5.81. The Kier molecular flexibility index (Phi) is 8.63.